The van der Waals surface area contributed by atoms with E-state index in [0.29, 0.717) is 0 Å². The lowest BCUT2D eigenvalue weighted by atomic mass is 10.0. The highest BCUT2D eigenvalue weighted by molar-refractivity contribution is 8.07. The van der Waals surface area contributed by atoms with E-state index in [1.165, 1.54) is 5.56 Å². The smallest absolute Gasteiger partial charge is 0.242 e. The molecule has 7 heteroatoms. The van der Waals surface area contributed by atoms with E-state index in [2.05, 4.69) is 65.5 Å². The maximum atomic E-state index is 13.0. The van der Waals surface area contributed by atoms with Gasteiger partial charge in [-0.3, -0.25) is 15.1 Å². The Kier molecular flexibility index (Phi) is 8.82. The summed E-state index contributed by atoms with van der Waals surface area (Å²) in [5.74, 6) is 0.111. The quantitative estimate of drug-likeness (QED) is 0.409. The van der Waals surface area contributed by atoms with Gasteiger partial charge in [-0.2, -0.15) is 12.6 Å². The van der Waals surface area contributed by atoms with Crippen LogP contribution in [0.4, 0.5) is 0 Å². The minimum absolute atomic E-state index is 0.0579. The highest BCUT2D eigenvalue weighted by atomic mass is 32.2. The SMILES string of the molecule is C=N/C(C)=C(\SC)c1ccc(CN[C@@H]2CCCN2C(=O)[C@@H](NC)C(C)(C)S)cc1. The average Bonchev–Trinajstić information content (AvgIpc) is 3.15. The van der Waals surface area contributed by atoms with Crippen LogP contribution in [-0.2, 0) is 11.3 Å². The summed E-state index contributed by atoms with van der Waals surface area (Å²) in [5.41, 5.74) is 3.28. The Hall–Kier alpha value is -1.28. The Morgan fingerprint density at radius 2 is 2.07 bits per heavy atom. The Bertz CT molecular complexity index is 740. The molecule has 0 radical (unpaired) electrons. The van der Waals surface area contributed by atoms with E-state index in [1.54, 1.807) is 11.8 Å². The van der Waals surface area contributed by atoms with Crippen molar-refractivity contribution in [2.24, 2.45) is 4.99 Å². The summed E-state index contributed by atoms with van der Waals surface area (Å²) < 4.78 is -0.421. The molecule has 1 aliphatic rings. The number of rotatable bonds is 9. The first-order chi connectivity index (χ1) is 13.7. The maximum absolute atomic E-state index is 13.0. The minimum Gasteiger partial charge on any atom is -0.326 e. The number of thioether (sulfide) groups is 1. The van der Waals surface area contributed by atoms with Gasteiger partial charge in [-0.1, -0.05) is 24.3 Å². The van der Waals surface area contributed by atoms with Gasteiger partial charge in [-0.15, -0.1) is 11.8 Å². The molecule has 1 aromatic carbocycles. The molecule has 2 atom stereocenters. The summed E-state index contributed by atoms with van der Waals surface area (Å²) in [4.78, 5) is 20.2. The summed E-state index contributed by atoms with van der Waals surface area (Å²) in [6.07, 6.45) is 4.09. The topological polar surface area (TPSA) is 56.7 Å². The molecule has 1 saturated heterocycles. The number of benzene rings is 1. The second-order valence-corrected chi connectivity index (χ2v) is 9.89. The lowest BCUT2D eigenvalue weighted by molar-refractivity contribution is -0.135. The highest BCUT2D eigenvalue weighted by Gasteiger charge is 2.38. The third-order valence-electron chi connectivity index (χ3n) is 5.31. The number of thiol groups is 1. The van der Waals surface area contributed by atoms with Crippen LogP contribution in [0.25, 0.3) is 4.91 Å². The van der Waals surface area contributed by atoms with Crippen LogP contribution in [-0.4, -0.2) is 54.3 Å². The van der Waals surface area contributed by atoms with Gasteiger partial charge in [0.2, 0.25) is 5.91 Å². The zero-order valence-corrected chi connectivity index (χ0v) is 19.9. The van der Waals surface area contributed by atoms with Gasteiger partial charge in [0.25, 0.3) is 0 Å². The zero-order valence-electron chi connectivity index (χ0n) is 18.2. The number of aliphatic imine (C=N–C) groups is 1. The molecule has 1 heterocycles. The molecule has 1 fully saturated rings. The fourth-order valence-electron chi connectivity index (χ4n) is 3.74. The van der Waals surface area contributed by atoms with Crippen LogP contribution in [0, 0.1) is 0 Å². The fourth-order valence-corrected chi connectivity index (χ4v) is 4.71. The Balaban J connectivity index is 2.03. The van der Waals surface area contributed by atoms with Crippen LogP contribution in [0.3, 0.4) is 0 Å². The second-order valence-electron chi connectivity index (χ2n) is 7.92. The summed E-state index contributed by atoms with van der Waals surface area (Å²) in [6.45, 7) is 11.0. The summed E-state index contributed by atoms with van der Waals surface area (Å²) in [7, 11) is 1.82. The van der Waals surface area contributed by atoms with E-state index >= 15 is 0 Å². The first-order valence-corrected chi connectivity index (χ1v) is 11.6. The van der Waals surface area contributed by atoms with Crippen LogP contribution in [0.1, 0.15) is 44.7 Å². The Morgan fingerprint density at radius 1 is 1.41 bits per heavy atom. The van der Waals surface area contributed by atoms with Crippen molar-refractivity contribution >= 4 is 41.9 Å². The number of allylic oxidation sites excluding steroid dienone is 1. The molecule has 160 valence electrons. The molecule has 1 aliphatic heterocycles. The molecular formula is C22H34N4OS2. The minimum atomic E-state index is -0.421. The second kappa shape index (κ2) is 10.7. The van der Waals surface area contributed by atoms with Crippen molar-refractivity contribution in [1.82, 2.24) is 15.5 Å². The lowest BCUT2D eigenvalue weighted by Gasteiger charge is -2.34. The van der Waals surface area contributed by atoms with E-state index < -0.39 is 4.75 Å². The van der Waals surface area contributed by atoms with Crippen molar-refractivity contribution in [3.05, 3.63) is 41.1 Å². The van der Waals surface area contributed by atoms with Gasteiger partial charge in [0, 0.05) is 22.7 Å². The van der Waals surface area contributed by atoms with Gasteiger partial charge in [-0.25, -0.2) is 0 Å². The number of carbonyl (C=O) groups excluding carboxylic acids is 1. The van der Waals surface area contributed by atoms with Crippen molar-refractivity contribution in [3.63, 3.8) is 0 Å². The van der Waals surface area contributed by atoms with E-state index in [9.17, 15) is 4.79 Å². The van der Waals surface area contributed by atoms with Gasteiger partial charge >= 0.3 is 0 Å². The highest BCUT2D eigenvalue weighted by Crippen LogP contribution is 2.29. The summed E-state index contributed by atoms with van der Waals surface area (Å²) in [5, 5.41) is 6.70. The summed E-state index contributed by atoms with van der Waals surface area (Å²) >= 11 is 6.29. The number of likely N-dealkylation sites (tertiary alicyclic amines) is 1. The van der Waals surface area contributed by atoms with Crippen molar-refractivity contribution in [2.75, 3.05) is 19.8 Å². The van der Waals surface area contributed by atoms with Gasteiger partial charge in [-0.05, 0) is 64.8 Å². The molecule has 1 aromatic rings. The first kappa shape index (κ1) is 24.0. The van der Waals surface area contributed by atoms with Crippen molar-refractivity contribution in [1.29, 1.82) is 0 Å². The number of hydrogen-bond donors (Lipinski definition) is 3. The summed E-state index contributed by atoms with van der Waals surface area (Å²) in [6, 6.07) is 8.18. The third-order valence-corrected chi connectivity index (χ3v) is 6.50. The average molecular weight is 435 g/mol. The van der Waals surface area contributed by atoms with Gasteiger partial charge in [0.1, 0.15) is 6.04 Å². The Morgan fingerprint density at radius 3 is 2.59 bits per heavy atom. The maximum Gasteiger partial charge on any atom is 0.242 e. The Labute approximate surface area is 185 Å². The normalized spacial score (nSPS) is 19.1. The van der Waals surface area contributed by atoms with Crippen LogP contribution < -0.4 is 10.6 Å². The van der Waals surface area contributed by atoms with Gasteiger partial charge < -0.3 is 10.2 Å². The van der Waals surface area contributed by atoms with Crippen molar-refractivity contribution in [3.8, 4) is 0 Å². The largest absolute Gasteiger partial charge is 0.326 e. The van der Waals surface area contributed by atoms with E-state index in [1.807, 2.05) is 32.7 Å². The van der Waals surface area contributed by atoms with Crippen LogP contribution >= 0.6 is 24.4 Å². The monoisotopic (exact) mass is 434 g/mol. The number of nitrogens with zero attached hydrogens (tertiary/aromatic N) is 2. The molecule has 2 N–H and O–H groups in total. The van der Waals surface area contributed by atoms with Crippen molar-refractivity contribution in [2.45, 2.75) is 57.1 Å². The van der Waals surface area contributed by atoms with Crippen molar-refractivity contribution < 1.29 is 4.79 Å². The van der Waals surface area contributed by atoms with Crippen LogP contribution in [0.2, 0.25) is 0 Å². The molecule has 5 nitrogen and oxygen atoms in total. The predicted molar refractivity (Wildman–Crippen MR) is 130 cm³/mol. The molecule has 29 heavy (non-hydrogen) atoms. The standard InChI is InChI=1S/C22H34N4OS2/c1-15(23-4)19(29-6)17-11-9-16(10-12-17)14-25-18-8-7-13-26(18)21(27)20(24-5)22(2,3)28/h9-12,18,20,24-25,28H,4,7-8,13-14H2,1-3,5-6H3/b19-15-/t18-,20+/m0/s1. The number of carbonyl (C=O) groups is 1. The first-order valence-electron chi connectivity index (χ1n) is 9.97. The third kappa shape index (κ3) is 6.10. The molecule has 2 rings (SSSR count). The van der Waals surface area contributed by atoms with Gasteiger partial charge in [0.15, 0.2) is 0 Å². The molecule has 0 saturated carbocycles. The number of nitrogens with one attached hydrogen (secondary N) is 2. The van der Waals surface area contributed by atoms with Gasteiger partial charge in [0.05, 0.1) is 11.9 Å². The number of likely N-dealkylation sites (N-methyl/N-ethyl adjacent to an activating group) is 1. The predicted octanol–water partition coefficient (Wildman–Crippen LogP) is 3.77. The van der Waals surface area contributed by atoms with E-state index in [0.717, 1.165) is 42.1 Å². The number of amides is 1. The zero-order chi connectivity index (χ0) is 21.6. The molecule has 0 aliphatic carbocycles. The lowest BCUT2D eigenvalue weighted by Crippen LogP contribution is -2.57. The molecule has 0 spiro atoms. The molecule has 1 amide bonds. The molecule has 0 bridgehead atoms. The van der Waals surface area contributed by atoms with E-state index in [-0.39, 0.29) is 18.1 Å². The van der Waals surface area contributed by atoms with Crippen LogP contribution in [0.15, 0.2) is 35.0 Å². The fraction of sp³-hybridized carbons (Fsp3) is 0.545. The molecule has 0 aromatic heterocycles. The molecular weight excluding hydrogens is 400 g/mol. The number of hydrogen-bond acceptors (Lipinski definition) is 6. The van der Waals surface area contributed by atoms with Crippen LogP contribution in [0.5, 0.6) is 0 Å². The van der Waals surface area contributed by atoms with E-state index in [4.69, 9.17) is 0 Å². The molecule has 0 unspecified atom stereocenters.